The Balaban J connectivity index is 1.65. The van der Waals surface area contributed by atoms with Crippen LogP contribution < -0.4 is 5.32 Å². The zero-order valence-corrected chi connectivity index (χ0v) is 13.3. The normalized spacial score (nSPS) is 10.7. The van der Waals surface area contributed by atoms with Crippen LogP contribution in [0.1, 0.15) is 17.5 Å². The fraction of sp³-hybridized carbons (Fsp3) is 0.167. The van der Waals surface area contributed by atoms with Crippen LogP contribution in [0.2, 0.25) is 5.02 Å². The van der Waals surface area contributed by atoms with Gasteiger partial charge in [-0.25, -0.2) is 4.79 Å². The number of rotatable bonds is 6. The lowest BCUT2D eigenvalue weighted by Gasteiger charge is -2.05. The molecule has 0 saturated carbocycles. The Kier molecular flexibility index (Phi) is 6.51. The molecule has 2 rings (SSSR count). The summed E-state index contributed by atoms with van der Waals surface area (Å²) in [5.74, 6) is 0.0617. The van der Waals surface area contributed by atoms with E-state index in [0.29, 0.717) is 18.0 Å². The van der Waals surface area contributed by atoms with Crippen molar-refractivity contribution in [3.05, 3.63) is 70.8 Å². The molecule has 0 aromatic heterocycles. The minimum absolute atomic E-state index is 0.0617. The fourth-order valence-electron chi connectivity index (χ4n) is 1.88. The number of phenolic OH excluding ortho intramolecular Hbond substituents is 1. The summed E-state index contributed by atoms with van der Waals surface area (Å²) in [6.45, 7) is 0.741. The summed E-state index contributed by atoms with van der Waals surface area (Å²) < 4.78 is 5.10. The smallest absolute Gasteiger partial charge is 0.407 e. The average Bonchev–Trinajstić information content (AvgIpc) is 2.57. The largest absolute Gasteiger partial charge is 0.506 e. The van der Waals surface area contributed by atoms with Gasteiger partial charge >= 0.3 is 6.09 Å². The highest BCUT2D eigenvalue weighted by Gasteiger charge is 2.01. The molecule has 2 aromatic carbocycles. The quantitative estimate of drug-likeness (QED) is 0.772. The van der Waals surface area contributed by atoms with E-state index in [4.69, 9.17) is 16.3 Å². The highest BCUT2D eigenvalue weighted by Crippen LogP contribution is 2.24. The van der Waals surface area contributed by atoms with Crippen LogP contribution in [0.15, 0.2) is 54.6 Å². The van der Waals surface area contributed by atoms with E-state index in [0.717, 1.165) is 11.1 Å². The molecule has 0 aliphatic heterocycles. The first-order chi connectivity index (χ1) is 11.1. The Hall–Kier alpha value is -2.46. The maximum absolute atomic E-state index is 11.5. The van der Waals surface area contributed by atoms with Crippen LogP contribution in [0.25, 0.3) is 6.08 Å². The summed E-state index contributed by atoms with van der Waals surface area (Å²) in [6, 6.07) is 14.5. The second-order valence-corrected chi connectivity index (χ2v) is 5.30. The molecule has 0 bridgehead atoms. The van der Waals surface area contributed by atoms with Crippen LogP contribution in [0.4, 0.5) is 4.79 Å². The third-order valence-electron chi connectivity index (χ3n) is 3.08. The highest BCUT2D eigenvalue weighted by atomic mass is 35.5. The van der Waals surface area contributed by atoms with Crippen molar-refractivity contribution in [1.82, 2.24) is 5.32 Å². The second-order valence-electron chi connectivity index (χ2n) is 4.89. The molecule has 2 N–H and O–H groups in total. The number of hydrogen-bond donors (Lipinski definition) is 2. The van der Waals surface area contributed by atoms with E-state index in [1.54, 1.807) is 18.2 Å². The first kappa shape index (κ1) is 16.9. The standard InChI is InChI=1S/C18H18ClNO3/c19-16-12-14(9-10-17(16)21)6-4-5-11-20-18(22)23-13-15-7-2-1-3-8-15/h1-4,6-10,12,21H,5,11,13H2,(H,20,22). The number of ether oxygens (including phenoxy) is 1. The minimum Gasteiger partial charge on any atom is -0.506 e. The summed E-state index contributed by atoms with van der Waals surface area (Å²) in [5, 5.41) is 12.3. The predicted molar refractivity (Wildman–Crippen MR) is 91.4 cm³/mol. The number of phenols is 1. The second kappa shape index (κ2) is 8.86. The van der Waals surface area contributed by atoms with Gasteiger partial charge in [-0.2, -0.15) is 0 Å². The van der Waals surface area contributed by atoms with Crippen molar-refractivity contribution in [3.8, 4) is 5.75 Å². The zero-order valence-electron chi connectivity index (χ0n) is 12.5. The van der Waals surface area contributed by atoms with Crippen LogP contribution in [-0.2, 0) is 11.3 Å². The number of halogens is 1. The molecule has 0 fully saturated rings. The number of carbonyl (C=O) groups is 1. The molecule has 0 radical (unpaired) electrons. The maximum atomic E-state index is 11.5. The maximum Gasteiger partial charge on any atom is 0.407 e. The summed E-state index contributed by atoms with van der Waals surface area (Å²) in [6.07, 6.45) is 4.02. The van der Waals surface area contributed by atoms with Gasteiger partial charge < -0.3 is 15.2 Å². The summed E-state index contributed by atoms with van der Waals surface area (Å²) >= 11 is 5.82. The molecule has 0 spiro atoms. The molecule has 5 heteroatoms. The van der Waals surface area contributed by atoms with Crippen molar-refractivity contribution >= 4 is 23.8 Å². The first-order valence-electron chi connectivity index (χ1n) is 7.25. The van der Waals surface area contributed by atoms with Crippen LogP contribution in [0, 0.1) is 0 Å². The average molecular weight is 332 g/mol. The number of hydrogen-bond acceptors (Lipinski definition) is 3. The number of nitrogens with one attached hydrogen (secondary N) is 1. The van der Waals surface area contributed by atoms with Gasteiger partial charge in [0.15, 0.2) is 0 Å². The highest BCUT2D eigenvalue weighted by molar-refractivity contribution is 6.32. The third-order valence-corrected chi connectivity index (χ3v) is 3.38. The SMILES string of the molecule is O=C(NCCC=Cc1ccc(O)c(Cl)c1)OCc1ccccc1. The number of amides is 1. The number of alkyl carbamates (subject to hydrolysis) is 1. The predicted octanol–water partition coefficient (Wildman–Crippen LogP) is 4.38. The molecule has 4 nitrogen and oxygen atoms in total. The van der Waals surface area contributed by atoms with Crippen LogP contribution in [0.5, 0.6) is 5.75 Å². The molecule has 0 saturated heterocycles. The van der Waals surface area contributed by atoms with E-state index in [9.17, 15) is 9.90 Å². The molecule has 0 heterocycles. The summed E-state index contributed by atoms with van der Waals surface area (Å²) in [7, 11) is 0. The van der Waals surface area contributed by atoms with Gasteiger partial charge in [-0.1, -0.05) is 60.2 Å². The first-order valence-corrected chi connectivity index (χ1v) is 7.62. The molecular formula is C18H18ClNO3. The van der Waals surface area contributed by atoms with Gasteiger partial charge in [0.1, 0.15) is 12.4 Å². The van der Waals surface area contributed by atoms with Gasteiger partial charge in [-0.3, -0.25) is 0 Å². The van der Waals surface area contributed by atoms with Crippen LogP contribution >= 0.6 is 11.6 Å². The molecule has 1 amide bonds. The molecule has 0 unspecified atom stereocenters. The van der Waals surface area contributed by atoms with Gasteiger partial charge in [0.2, 0.25) is 0 Å². The lowest BCUT2D eigenvalue weighted by atomic mass is 10.2. The van der Waals surface area contributed by atoms with Gasteiger partial charge in [0.25, 0.3) is 0 Å². The monoisotopic (exact) mass is 331 g/mol. The number of aromatic hydroxyl groups is 1. The van der Waals surface area contributed by atoms with E-state index in [2.05, 4.69) is 5.32 Å². The van der Waals surface area contributed by atoms with Crippen molar-refractivity contribution in [2.24, 2.45) is 0 Å². The van der Waals surface area contributed by atoms with Crippen molar-refractivity contribution < 1.29 is 14.6 Å². The van der Waals surface area contributed by atoms with Gasteiger partial charge in [-0.05, 0) is 29.7 Å². The van der Waals surface area contributed by atoms with Crippen LogP contribution in [0.3, 0.4) is 0 Å². The zero-order chi connectivity index (χ0) is 16.5. The molecule has 23 heavy (non-hydrogen) atoms. The van der Waals surface area contributed by atoms with Crippen molar-refractivity contribution in [2.45, 2.75) is 13.0 Å². The number of benzene rings is 2. The van der Waals surface area contributed by atoms with Crippen molar-refractivity contribution in [1.29, 1.82) is 0 Å². The van der Waals surface area contributed by atoms with E-state index in [-0.39, 0.29) is 12.4 Å². The van der Waals surface area contributed by atoms with Gasteiger partial charge in [-0.15, -0.1) is 0 Å². The topological polar surface area (TPSA) is 58.6 Å². The van der Waals surface area contributed by atoms with Crippen molar-refractivity contribution in [3.63, 3.8) is 0 Å². The Morgan fingerprint density at radius 2 is 2.00 bits per heavy atom. The van der Waals surface area contributed by atoms with E-state index < -0.39 is 6.09 Å². The Bertz CT molecular complexity index is 671. The third kappa shape index (κ3) is 6.04. The molecular weight excluding hydrogens is 314 g/mol. The van der Waals surface area contributed by atoms with Gasteiger partial charge in [0, 0.05) is 6.54 Å². The lowest BCUT2D eigenvalue weighted by molar-refractivity contribution is 0.140. The fourth-order valence-corrected chi connectivity index (χ4v) is 2.07. The Morgan fingerprint density at radius 1 is 1.22 bits per heavy atom. The van der Waals surface area contributed by atoms with Gasteiger partial charge in [0.05, 0.1) is 5.02 Å². The summed E-state index contributed by atoms with van der Waals surface area (Å²) in [4.78, 5) is 11.5. The molecule has 0 aliphatic carbocycles. The van der Waals surface area contributed by atoms with Crippen molar-refractivity contribution in [2.75, 3.05) is 6.54 Å². The van der Waals surface area contributed by atoms with Crippen LogP contribution in [-0.4, -0.2) is 17.7 Å². The Morgan fingerprint density at radius 3 is 2.74 bits per heavy atom. The number of carbonyl (C=O) groups excluding carboxylic acids is 1. The minimum atomic E-state index is -0.435. The van der Waals surface area contributed by atoms with E-state index >= 15 is 0 Å². The molecule has 120 valence electrons. The van der Waals surface area contributed by atoms with E-state index in [1.807, 2.05) is 42.5 Å². The Labute approximate surface area is 140 Å². The lowest BCUT2D eigenvalue weighted by Crippen LogP contribution is -2.24. The molecule has 0 atom stereocenters. The molecule has 2 aromatic rings. The van der Waals surface area contributed by atoms with E-state index in [1.165, 1.54) is 0 Å². The molecule has 0 aliphatic rings. The summed E-state index contributed by atoms with van der Waals surface area (Å²) in [5.41, 5.74) is 1.84.